The zero-order chi connectivity index (χ0) is 16.9. The van der Waals surface area contributed by atoms with Gasteiger partial charge in [-0.2, -0.15) is 5.10 Å². The van der Waals surface area contributed by atoms with E-state index in [1.54, 1.807) is 11.0 Å². The van der Waals surface area contributed by atoms with Crippen LogP contribution in [-0.2, 0) is 9.53 Å². The van der Waals surface area contributed by atoms with E-state index >= 15 is 0 Å². The highest BCUT2D eigenvalue weighted by Gasteiger charge is 2.22. The number of likely N-dealkylation sites (tertiary alicyclic amines) is 1. The maximum Gasteiger partial charge on any atom is 0.356 e. The Labute approximate surface area is 140 Å². The molecule has 3 rings (SSSR count). The van der Waals surface area contributed by atoms with Crippen molar-refractivity contribution in [3.63, 3.8) is 0 Å². The summed E-state index contributed by atoms with van der Waals surface area (Å²) in [6.07, 6.45) is 2.14. The molecule has 0 unspecified atom stereocenters. The molecular weight excluding hydrogens is 306 g/mol. The fraction of sp³-hybridized carbons (Fsp3) is 0.389. The Morgan fingerprint density at radius 1 is 1.33 bits per heavy atom. The van der Waals surface area contributed by atoms with Gasteiger partial charge in [-0.05, 0) is 24.8 Å². The smallest absolute Gasteiger partial charge is 0.356 e. The summed E-state index contributed by atoms with van der Waals surface area (Å²) in [5.41, 5.74) is 1.82. The monoisotopic (exact) mass is 327 g/mol. The molecule has 6 heteroatoms. The van der Waals surface area contributed by atoms with Gasteiger partial charge in [-0.3, -0.25) is 9.89 Å². The molecular formula is C18H21N3O3. The number of H-pyrrole nitrogens is 1. The van der Waals surface area contributed by atoms with Gasteiger partial charge in [0.15, 0.2) is 6.61 Å². The Kier molecular flexibility index (Phi) is 4.93. The van der Waals surface area contributed by atoms with E-state index in [0.29, 0.717) is 11.6 Å². The molecule has 1 aliphatic heterocycles. The number of hydrogen-bond donors (Lipinski definition) is 1. The van der Waals surface area contributed by atoms with E-state index in [4.69, 9.17) is 4.74 Å². The number of nitrogens with zero attached hydrogens (tertiary/aromatic N) is 2. The molecule has 0 aliphatic carbocycles. The SMILES string of the molecule is C[C@H]1CCCN(C(=O)COC(=O)c2cc(-c3ccccc3)n[nH]2)C1. The number of amides is 1. The number of piperidine rings is 1. The van der Waals surface area contributed by atoms with E-state index < -0.39 is 5.97 Å². The third-order valence-corrected chi connectivity index (χ3v) is 4.20. The molecule has 24 heavy (non-hydrogen) atoms. The van der Waals surface area contributed by atoms with Crippen LogP contribution in [0.2, 0.25) is 0 Å². The molecule has 1 saturated heterocycles. The van der Waals surface area contributed by atoms with Crippen molar-refractivity contribution in [1.29, 1.82) is 0 Å². The molecule has 1 N–H and O–H groups in total. The highest BCUT2D eigenvalue weighted by Crippen LogP contribution is 2.18. The van der Waals surface area contributed by atoms with Gasteiger partial charge in [0.2, 0.25) is 0 Å². The first-order chi connectivity index (χ1) is 11.6. The number of esters is 1. The van der Waals surface area contributed by atoms with Crippen molar-refractivity contribution in [1.82, 2.24) is 15.1 Å². The maximum absolute atomic E-state index is 12.1. The summed E-state index contributed by atoms with van der Waals surface area (Å²) < 4.78 is 5.13. The van der Waals surface area contributed by atoms with Crippen molar-refractivity contribution in [2.24, 2.45) is 5.92 Å². The summed E-state index contributed by atoms with van der Waals surface area (Å²) in [5.74, 6) is -0.208. The van der Waals surface area contributed by atoms with Crippen molar-refractivity contribution in [2.45, 2.75) is 19.8 Å². The Bertz CT molecular complexity index is 711. The highest BCUT2D eigenvalue weighted by atomic mass is 16.5. The first kappa shape index (κ1) is 16.2. The first-order valence-electron chi connectivity index (χ1n) is 8.19. The maximum atomic E-state index is 12.1. The van der Waals surface area contributed by atoms with E-state index in [1.165, 1.54) is 0 Å². The molecule has 2 heterocycles. The summed E-state index contributed by atoms with van der Waals surface area (Å²) >= 11 is 0. The van der Waals surface area contributed by atoms with E-state index in [0.717, 1.165) is 31.5 Å². The molecule has 1 atom stereocenters. The molecule has 1 amide bonds. The fourth-order valence-electron chi connectivity index (χ4n) is 2.90. The zero-order valence-corrected chi connectivity index (χ0v) is 13.7. The Hall–Kier alpha value is -2.63. The standard InChI is InChI=1S/C18H21N3O3/c1-13-6-5-9-21(11-13)17(22)12-24-18(23)16-10-15(19-20-16)14-7-3-2-4-8-14/h2-4,7-8,10,13H,5-6,9,11-12H2,1H3,(H,19,20)/t13-/m0/s1. The topological polar surface area (TPSA) is 75.3 Å². The molecule has 0 saturated carbocycles. The van der Waals surface area contributed by atoms with E-state index in [9.17, 15) is 9.59 Å². The van der Waals surface area contributed by atoms with Gasteiger partial charge in [0.25, 0.3) is 5.91 Å². The minimum atomic E-state index is -0.567. The second kappa shape index (κ2) is 7.29. The van der Waals surface area contributed by atoms with Gasteiger partial charge in [-0.25, -0.2) is 4.79 Å². The molecule has 126 valence electrons. The summed E-state index contributed by atoms with van der Waals surface area (Å²) in [6.45, 7) is 3.37. The van der Waals surface area contributed by atoms with Gasteiger partial charge in [0, 0.05) is 18.7 Å². The van der Waals surface area contributed by atoms with Crippen LogP contribution in [0.3, 0.4) is 0 Å². The van der Waals surface area contributed by atoms with Gasteiger partial charge < -0.3 is 9.64 Å². The minimum Gasteiger partial charge on any atom is -0.451 e. The Balaban J connectivity index is 1.56. The molecule has 1 aromatic heterocycles. The summed E-state index contributed by atoms with van der Waals surface area (Å²) in [5, 5.41) is 6.78. The van der Waals surface area contributed by atoms with Gasteiger partial charge in [-0.15, -0.1) is 0 Å². The zero-order valence-electron chi connectivity index (χ0n) is 13.7. The lowest BCUT2D eigenvalue weighted by Gasteiger charge is -2.30. The van der Waals surface area contributed by atoms with Crippen LogP contribution in [0.4, 0.5) is 0 Å². The molecule has 0 radical (unpaired) electrons. The predicted molar refractivity (Wildman–Crippen MR) is 89.3 cm³/mol. The quantitative estimate of drug-likeness (QED) is 0.876. The van der Waals surface area contributed by atoms with E-state index in [2.05, 4.69) is 17.1 Å². The van der Waals surface area contributed by atoms with Crippen LogP contribution in [0.25, 0.3) is 11.3 Å². The molecule has 0 bridgehead atoms. The predicted octanol–water partition coefficient (Wildman–Crippen LogP) is 2.49. The largest absolute Gasteiger partial charge is 0.451 e. The number of aromatic nitrogens is 2. The van der Waals surface area contributed by atoms with Crippen LogP contribution < -0.4 is 0 Å². The van der Waals surface area contributed by atoms with Crippen molar-refractivity contribution < 1.29 is 14.3 Å². The molecule has 2 aromatic rings. The number of hydrogen-bond acceptors (Lipinski definition) is 4. The lowest BCUT2D eigenvalue weighted by atomic mass is 10.0. The molecule has 1 fully saturated rings. The average molecular weight is 327 g/mol. The second-order valence-electron chi connectivity index (χ2n) is 6.20. The first-order valence-corrected chi connectivity index (χ1v) is 8.19. The number of carbonyl (C=O) groups excluding carboxylic acids is 2. The van der Waals surface area contributed by atoms with Gasteiger partial charge in [-0.1, -0.05) is 37.3 Å². The molecule has 6 nitrogen and oxygen atoms in total. The van der Waals surface area contributed by atoms with Crippen LogP contribution in [0.5, 0.6) is 0 Å². The van der Waals surface area contributed by atoms with Crippen molar-refractivity contribution >= 4 is 11.9 Å². The number of ether oxygens (including phenoxy) is 1. The number of aromatic amines is 1. The van der Waals surface area contributed by atoms with Gasteiger partial charge in [0.05, 0.1) is 5.69 Å². The summed E-state index contributed by atoms with van der Waals surface area (Å²) in [4.78, 5) is 26.0. The molecule has 1 aromatic carbocycles. The second-order valence-corrected chi connectivity index (χ2v) is 6.20. The Morgan fingerprint density at radius 2 is 2.12 bits per heavy atom. The molecule has 1 aliphatic rings. The summed E-state index contributed by atoms with van der Waals surface area (Å²) in [6, 6.07) is 11.2. The van der Waals surface area contributed by atoms with Gasteiger partial charge in [0.1, 0.15) is 5.69 Å². The van der Waals surface area contributed by atoms with Crippen LogP contribution >= 0.6 is 0 Å². The lowest BCUT2D eigenvalue weighted by Crippen LogP contribution is -2.41. The van der Waals surface area contributed by atoms with Crippen LogP contribution in [0.1, 0.15) is 30.3 Å². The number of benzene rings is 1. The third kappa shape index (κ3) is 3.82. The number of rotatable bonds is 4. The van der Waals surface area contributed by atoms with Crippen LogP contribution in [-0.4, -0.2) is 46.7 Å². The van der Waals surface area contributed by atoms with Crippen LogP contribution in [0, 0.1) is 5.92 Å². The normalized spacial score (nSPS) is 17.5. The molecule has 0 spiro atoms. The minimum absolute atomic E-state index is 0.141. The number of carbonyl (C=O) groups is 2. The van der Waals surface area contributed by atoms with Gasteiger partial charge >= 0.3 is 5.97 Å². The van der Waals surface area contributed by atoms with E-state index in [1.807, 2.05) is 30.3 Å². The summed E-state index contributed by atoms with van der Waals surface area (Å²) in [7, 11) is 0. The van der Waals surface area contributed by atoms with Crippen molar-refractivity contribution in [2.75, 3.05) is 19.7 Å². The average Bonchev–Trinajstić information content (AvgIpc) is 3.10. The lowest BCUT2D eigenvalue weighted by molar-refractivity contribution is -0.136. The highest BCUT2D eigenvalue weighted by molar-refractivity contribution is 5.90. The third-order valence-electron chi connectivity index (χ3n) is 4.20. The van der Waals surface area contributed by atoms with Crippen molar-refractivity contribution in [3.05, 3.63) is 42.1 Å². The fourth-order valence-corrected chi connectivity index (χ4v) is 2.90. The number of nitrogens with one attached hydrogen (secondary N) is 1. The Morgan fingerprint density at radius 3 is 2.88 bits per heavy atom. The van der Waals surface area contributed by atoms with E-state index in [-0.39, 0.29) is 18.2 Å². The van der Waals surface area contributed by atoms with Crippen molar-refractivity contribution in [3.8, 4) is 11.3 Å². The van der Waals surface area contributed by atoms with Crippen LogP contribution in [0.15, 0.2) is 36.4 Å².